The van der Waals surface area contributed by atoms with E-state index in [4.69, 9.17) is 4.74 Å². The van der Waals surface area contributed by atoms with Crippen molar-refractivity contribution >= 4 is 21.4 Å². The zero-order chi connectivity index (χ0) is 15.9. The smallest absolute Gasteiger partial charge is 0.216 e. The summed E-state index contributed by atoms with van der Waals surface area (Å²) in [6, 6.07) is 0. The van der Waals surface area contributed by atoms with Gasteiger partial charge in [-0.25, -0.2) is 17.7 Å². The van der Waals surface area contributed by atoms with Gasteiger partial charge in [-0.1, -0.05) is 0 Å². The number of aromatic nitrogens is 1. The molecule has 1 aliphatic carbocycles. The summed E-state index contributed by atoms with van der Waals surface area (Å²) >= 11 is 1.68. The van der Waals surface area contributed by atoms with Gasteiger partial charge in [0.05, 0.1) is 24.0 Å². The third-order valence-electron chi connectivity index (χ3n) is 5.11. The molecule has 1 aromatic rings. The van der Waals surface area contributed by atoms with Crippen molar-refractivity contribution < 1.29 is 13.2 Å². The molecule has 0 N–H and O–H groups in total. The van der Waals surface area contributed by atoms with Crippen molar-refractivity contribution in [2.75, 3.05) is 32.8 Å². The van der Waals surface area contributed by atoms with Gasteiger partial charge < -0.3 is 4.74 Å². The highest BCUT2D eigenvalue weighted by atomic mass is 32.2. The van der Waals surface area contributed by atoms with Crippen LogP contribution >= 0.6 is 11.3 Å². The normalized spacial score (nSPS) is 26.6. The van der Waals surface area contributed by atoms with Crippen LogP contribution in [0.15, 0.2) is 11.6 Å². The van der Waals surface area contributed by atoms with Crippen LogP contribution in [0.2, 0.25) is 0 Å². The summed E-state index contributed by atoms with van der Waals surface area (Å²) in [7, 11) is -3.04. The quantitative estimate of drug-likeness (QED) is 0.813. The molecule has 0 bridgehead atoms. The Balaban J connectivity index is 1.37. The first kappa shape index (κ1) is 16.0. The van der Waals surface area contributed by atoms with Gasteiger partial charge in [-0.2, -0.15) is 0 Å². The van der Waals surface area contributed by atoms with Crippen molar-refractivity contribution in [3.05, 3.63) is 16.6 Å². The minimum Gasteiger partial charge on any atom is -0.372 e. The molecule has 1 spiro atoms. The van der Waals surface area contributed by atoms with E-state index in [1.165, 1.54) is 0 Å². The summed E-state index contributed by atoms with van der Waals surface area (Å²) in [6.45, 7) is 4.59. The van der Waals surface area contributed by atoms with Crippen LogP contribution in [0.4, 0.5) is 0 Å². The van der Waals surface area contributed by atoms with Gasteiger partial charge in [0.25, 0.3) is 0 Å². The summed E-state index contributed by atoms with van der Waals surface area (Å²) in [5.74, 6) is 0. The summed E-state index contributed by atoms with van der Waals surface area (Å²) in [4.78, 5) is 6.76. The van der Waals surface area contributed by atoms with Gasteiger partial charge in [0.2, 0.25) is 10.0 Å². The van der Waals surface area contributed by atoms with Gasteiger partial charge in [0, 0.05) is 37.8 Å². The number of thiazole rings is 1. The molecule has 0 radical (unpaired) electrons. The molecule has 4 rings (SSSR count). The van der Waals surface area contributed by atoms with Crippen molar-refractivity contribution in [2.24, 2.45) is 0 Å². The first-order valence-electron chi connectivity index (χ1n) is 8.31. The predicted molar refractivity (Wildman–Crippen MR) is 88.8 cm³/mol. The Morgan fingerprint density at radius 3 is 2.74 bits per heavy atom. The second-order valence-corrected chi connectivity index (χ2v) is 10.0. The minimum atomic E-state index is -3.04. The number of morpholine rings is 1. The zero-order valence-corrected chi connectivity index (χ0v) is 14.8. The van der Waals surface area contributed by atoms with Crippen LogP contribution in [0.1, 0.15) is 30.7 Å². The maximum Gasteiger partial charge on any atom is 0.216 e. The van der Waals surface area contributed by atoms with Crippen LogP contribution in [0.5, 0.6) is 0 Å². The number of hydrogen-bond donors (Lipinski definition) is 0. The molecule has 0 atom stereocenters. The number of nitrogens with zero attached hydrogens (tertiary/aromatic N) is 3. The molecule has 6 nitrogen and oxygen atoms in total. The third kappa shape index (κ3) is 3.32. The Bertz CT molecular complexity index is 635. The number of hydrogen-bond acceptors (Lipinski definition) is 6. The number of ether oxygens (including phenoxy) is 1. The molecule has 1 saturated carbocycles. The molecule has 3 fully saturated rings. The van der Waals surface area contributed by atoms with Crippen LogP contribution in [0.3, 0.4) is 0 Å². The highest BCUT2D eigenvalue weighted by molar-refractivity contribution is 7.90. The lowest BCUT2D eigenvalue weighted by Gasteiger charge is -2.46. The van der Waals surface area contributed by atoms with Crippen LogP contribution in [0, 0.1) is 0 Å². The molecule has 0 aromatic carbocycles. The van der Waals surface area contributed by atoms with E-state index in [9.17, 15) is 8.42 Å². The Morgan fingerprint density at radius 1 is 1.30 bits per heavy atom. The summed E-state index contributed by atoms with van der Waals surface area (Å²) in [6.07, 6.45) is 5.11. The van der Waals surface area contributed by atoms with Gasteiger partial charge in [0.1, 0.15) is 5.01 Å². The Kier molecular flexibility index (Phi) is 4.21. The largest absolute Gasteiger partial charge is 0.372 e. The highest BCUT2D eigenvalue weighted by Gasteiger charge is 2.46. The molecule has 0 amide bonds. The molecule has 3 aliphatic rings. The maximum absolute atomic E-state index is 12.4. The van der Waals surface area contributed by atoms with E-state index >= 15 is 0 Å². The van der Waals surface area contributed by atoms with E-state index in [-0.39, 0.29) is 10.9 Å². The van der Waals surface area contributed by atoms with Crippen molar-refractivity contribution in [2.45, 2.75) is 43.1 Å². The lowest BCUT2D eigenvalue weighted by Crippen LogP contribution is -2.57. The molecule has 23 heavy (non-hydrogen) atoms. The zero-order valence-electron chi connectivity index (χ0n) is 13.2. The fraction of sp³-hybridized carbons (Fsp3) is 0.800. The Hall–Kier alpha value is -0.540. The van der Waals surface area contributed by atoms with Crippen LogP contribution in [0.25, 0.3) is 0 Å². The molecular weight excluding hydrogens is 334 g/mol. The number of sulfonamides is 1. The molecule has 2 aliphatic heterocycles. The average Bonchev–Trinajstić information content (AvgIpc) is 3.28. The van der Waals surface area contributed by atoms with E-state index in [0.29, 0.717) is 13.1 Å². The van der Waals surface area contributed by atoms with E-state index < -0.39 is 10.0 Å². The summed E-state index contributed by atoms with van der Waals surface area (Å²) in [5.41, 5.74) is -0.176. The third-order valence-corrected chi connectivity index (χ3v) is 8.27. The highest BCUT2D eigenvalue weighted by Crippen LogP contribution is 2.36. The van der Waals surface area contributed by atoms with Crippen molar-refractivity contribution in [1.82, 2.24) is 14.2 Å². The maximum atomic E-state index is 12.4. The van der Waals surface area contributed by atoms with E-state index in [1.54, 1.807) is 15.6 Å². The molecule has 3 heterocycles. The molecule has 128 valence electrons. The van der Waals surface area contributed by atoms with E-state index in [1.807, 2.05) is 11.6 Å². The van der Waals surface area contributed by atoms with Crippen LogP contribution in [-0.2, 0) is 21.3 Å². The molecular formula is C15H23N3O3S2. The fourth-order valence-corrected chi connectivity index (χ4v) is 6.11. The lowest BCUT2D eigenvalue weighted by molar-refractivity contribution is -0.131. The Morgan fingerprint density at radius 2 is 2.09 bits per heavy atom. The topological polar surface area (TPSA) is 62.7 Å². The van der Waals surface area contributed by atoms with E-state index in [2.05, 4.69) is 9.88 Å². The van der Waals surface area contributed by atoms with Gasteiger partial charge in [-0.3, -0.25) is 4.90 Å². The first-order chi connectivity index (χ1) is 11.1. The SMILES string of the molecule is O=S(=O)(C1CC1)N1CCC2(CC1)CN(Cc1nccs1)CCO2. The molecule has 0 unspecified atom stereocenters. The number of rotatable bonds is 4. The van der Waals surface area contributed by atoms with Gasteiger partial charge >= 0.3 is 0 Å². The lowest BCUT2D eigenvalue weighted by atomic mass is 9.90. The number of piperidine rings is 1. The minimum absolute atomic E-state index is 0.106. The van der Waals surface area contributed by atoms with Crippen molar-refractivity contribution in [3.8, 4) is 0 Å². The summed E-state index contributed by atoms with van der Waals surface area (Å²) in [5, 5.41) is 3.04. The average molecular weight is 358 g/mol. The predicted octanol–water partition coefficient (Wildman–Crippen LogP) is 1.30. The van der Waals surface area contributed by atoms with Crippen molar-refractivity contribution in [3.63, 3.8) is 0 Å². The second-order valence-electron chi connectivity index (χ2n) is 6.81. The van der Waals surface area contributed by atoms with Gasteiger partial charge in [0.15, 0.2) is 0 Å². The van der Waals surface area contributed by atoms with E-state index in [0.717, 1.165) is 56.9 Å². The molecule has 1 aromatic heterocycles. The molecule has 2 saturated heterocycles. The molecule has 8 heteroatoms. The summed E-state index contributed by atoms with van der Waals surface area (Å²) < 4.78 is 32.5. The van der Waals surface area contributed by atoms with Gasteiger partial charge in [-0.05, 0) is 25.7 Å². The monoisotopic (exact) mass is 357 g/mol. The van der Waals surface area contributed by atoms with Gasteiger partial charge in [-0.15, -0.1) is 11.3 Å². The Labute approximate surface area is 141 Å². The fourth-order valence-electron chi connectivity index (χ4n) is 3.61. The second kappa shape index (κ2) is 6.07. The van der Waals surface area contributed by atoms with Crippen LogP contribution < -0.4 is 0 Å². The van der Waals surface area contributed by atoms with Crippen molar-refractivity contribution in [1.29, 1.82) is 0 Å². The van der Waals surface area contributed by atoms with Crippen LogP contribution in [-0.4, -0.2) is 66.2 Å². The first-order valence-corrected chi connectivity index (χ1v) is 10.7. The standard InChI is InChI=1S/C15H23N3O3S2/c19-23(20,13-1-2-13)18-6-3-15(4-7-18)12-17(8-9-21-15)11-14-16-5-10-22-14/h5,10,13H,1-4,6-9,11-12H2.